The van der Waals surface area contributed by atoms with Crippen LogP contribution < -0.4 is 5.32 Å². The highest BCUT2D eigenvalue weighted by Crippen LogP contribution is 2.12. The Labute approximate surface area is 153 Å². The van der Waals surface area contributed by atoms with Crippen LogP contribution in [0.5, 0.6) is 0 Å². The first-order chi connectivity index (χ1) is 12.1. The molecule has 0 unspecified atom stereocenters. The zero-order valence-corrected chi connectivity index (χ0v) is 15.3. The molecular formula is C17H25NO6S. The topological polar surface area (TPSA) is 83.1 Å². The minimum absolute atomic E-state index is 0.0244. The molecule has 8 heteroatoms. The van der Waals surface area contributed by atoms with Gasteiger partial charge in [-0.05, 0) is 24.3 Å². The molecule has 7 nitrogen and oxygen atoms in total. The molecule has 1 aromatic rings. The van der Waals surface area contributed by atoms with Crippen LogP contribution in [0.15, 0.2) is 29.2 Å². The van der Waals surface area contributed by atoms with Crippen LogP contribution in [0.4, 0.5) is 5.69 Å². The van der Waals surface area contributed by atoms with Gasteiger partial charge in [-0.25, -0.2) is 0 Å². The number of ether oxygens (including phenoxy) is 4. The van der Waals surface area contributed by atoms with Crippen molar-refractivity contribution in [2.24, 2.45) is 0 Å². The summed E-state index contributed by atoms with van der Waals surface area (Å²) in [5.74, 6) is -0.672. The van der Waals surface area contributed by atoms with Gasteiger partial charge in [0, 0.05) is 24.1 Å². The van der Waals surface area contributed by atoms with Crippen molar-refractivity contribution in [2.45, 2.75) is 17.7 Å². The third kappa shape index (κ3) is 11.5. The third-order valence-corrected chi connectivity index (χ3v) is 3.30. The van der Waals surface area contributed by atoms with Crippen LogP contribution in [0, 0.1) is 0 Å². The predicted octanol–water partition coefficient (Wildman–Crippen LogP) is 1.92. The number of carbonyl (C=O) groups is 2. The van der Waals surface area contributed by atoms with Crippen LogP contribution >= 0.6 is 12.6 Å². The molecule has 0 aliphatic rings. The molecule has 0 heterocycles. The summed E-state index contributed by atoms with van der Waals surface area (Å²) in [5, 5.41) is 2.70. The van der Waals surface area contributed by atoms with E-state index in [0.717, 1.165) is 4.90 Å². The van der Waals surface area contributed by atoms with Crippen molar-refractivity contribution in [1.29, 1.82) is 0 Å². The Morgan fingerprint density at radius 3 is 2.16 bits per heavy atom. The maximum Gasteiger partial charge on any atom is 0.306 e. The van der Waals surface area contributed by atoms with Crippen molar-refractivity contribution in [3.8, 4) is 0 Å². The zero-order chi connectivity index (χ0) is 18.3. The molecular weight excluding hydrogens is 346 g/mol. The number of hydrogen-bond acceptors (Lipinski definition) is 7. The maximum atomic E-state index is 11.7. The fourth-order valence-corrected chi connectivity index (χ4v) is 1.88. The van der Waals surface area contributed by atoms with E-state index in [2.05, 4.69) is 17.9 Å². The van der Waals surface area contributed by atoms with E-state index in [1.807, 2.05) is 0 Å². The number of rotatable bonds is 13. The lowest BCUT2D eigenvalue weighted by molar-refractivity contribution is -0.146. The molecule has 0 saturated carbocycles. The maximum absolute atomic E-state index is 11.7. The minimum Gasteiger partial charge on any atom is -0.463 e. The van der Waals surface area contributed by atoms with Gasteiger partial charge < -0.3 is 24.3 Å². The van der Waals surface area contributed by atoms with Gasteiger partial charge >= 0.3 is 5.97 Å². The van der Waals surface area contributed by atoms with Crippen LogP contribution in [0.25, 0.3) is 0 Å². The van der Waals surface area contributed by atoms with Gasteiger partial charge in [-0.15, -0.1) is 12.6 Å². The minimum atomic E-state index is -0.430. The highest BCUT2D eigenvalue weighted by Gasteiger charge is 2.08. The third-order valence-electron chi connectivity index (χ3n) is 3.00. The molecule has 1 aromatic carbocycles. The second-order valence-electron chi connectivity index (χ2n) is 5.03. The lowest BCUT2D eigenvalue weighted by Gasteiger charge is -2.07. The molecule has 0 aromatic heterocycles. The molecule has 0 fully saturated rings. The van der Waals surface area contributed by atoms with Gasteiger partial charge in [0.25, 0.3) is 0 Å². The monoisotopic (exact) mass is 371 g/mol. The number of hydrogen-bond donors (Lipinski definition) is 2. The predicted molar refractivity (Wildman–Crippen MR) is 96.0 cm³/mol. The van der Waals surface area contributed by atoms with E-state index in [9.17, 15) is 9.59 Å². The zero-order valence-electron chi connectivity index (χ0n) is 14.4. The highest BCUT2D eigenvalue weighted by molar-refractivity contribution is 7.80. The number of carbonyl (C=O) groups excluding carboxylic acids is 2. The molecule has 0 bridgehead atoms. The van der Waals surface area contributed by atoms with E-state index in [0.29, 0.717) is 38.7 Å². The summed E-state index contributed by atoms with van der Waals surface area (Å²) in [6.07, 6.45) is 0.0896. The van der Waals surface area contributed by atoms with Crippen LogP contribution in [-0.4, -0.2) is 58.6 Å². The molecule has 1 rings (SSSR count). The van der Waals surface area contributed by atoms with Gasteiger partial charge in [-0.2, -0.15) is 0 Å². The second kappa shape index (κ2) is 13.7. The Bertz CT molecular complexity index is 508. The van der Waals surface area contributed by atoms with Gasteiger partial charge in [0.15, 0.2) is 0 Å². The molecule has 0 radical (unpaired) electrons. The van der Waals surface area contributed by atoms with E-state index in [4.69, 9.17) is 18.9 Å². The quantitative estimate of drug-likeness (QED) is 0.313. The first-order valence-electron chi connectivity index (χ1n) is 8.00. The molecule has 1 N–H and O–H groups in total. The molecule has 1 amide bonds. The molecule has 0 aliphatic heterocycles. The van der Waals surface area contributed by atoms with E-state index in [1.165, 1.54) is 0 Å². The van der Waals surface area contributed by atoms with Gasteiger partial charge in [0.05, 0.1) is 39.5 Å². The molecule has 0 atom stereocenters. The summed E-state index contributed by atoms with van der Waals surface area (Å²) in [7, 11) is 1.61. The van der Waals surface area contributed by atoms with E-state index < -0.39 is 5.97 Å². The summed E-state index contributed by atoms with van der Waals surface area (Å²) in [4.78, 5) is 24.1. The number of esters is 1. The van der Waals surface area contributed by atoms with Crippen molar-refractivity contribution < 1.29 is 28.5 Å². The smallest absolute Gasteiger partial charge is 0.306 e. The standard InChI is InChI=1S/C17H25NO6S/c1-21-8-9-22-10-11-23-12-13-24-17(20)7-6-16(19)18-14-2-4-15(25)5-3-14/h2-5,25H,6-13H2,1H3,(H,18,19). The molecule has 0 aliphatic carbocycles. The molecule has 0 saturated heterocycles. The Balaban J connectivity index is 1.99. The van der Waals surface area contributed by atoms with E-state index in [-0.39, 0.29) is 25.4 Å². The van der Waals surface area contributed by atoms with Crippen LogP contribution in [0.3, 0.4) is 0 Å². The fraction of sp³-hybridized carbons (Fsp3) is 0.529. The van der Waals surface area contributed by atoms with Crippen LogP contribution in [0.2, 0.25) is 0 Å². The van der Waals surface area contributed by atoms with Gasteiger partial charge in [0.1, 0.15) is 6.61 Å². The lowest BCUT2D eigenvalue weighted by Crippen LogP contribution is -2.16. The Hall–Kier alpha value is -1.61. The first kappa shape index (κ1) is 21.4. The number of anilines is 1. The van der Waals surface area contributed by atoms with E-state index >= 15 is 0 Å². The molecule has 25 heavy (non-hydrogen) atoms. The lowest BCUT2D eigenvalue weighted by atomic mass is 10.2. The Morgan fingerprint density at radius 2 is 1.52 bits per heavy atom. The van der Waals surface area contributed by atoms with Crippen molar-refractivity contribution in [3.63, 3.8) is 0 Å². The van der Waals surface area contributed by atoms with E-state index in [1.54, 1.807) is 31.4 Å². The fourth-order valence-electron chi connectivity index (χ4n) is 1.73. The summed E-state index contributed by atoms with van der Waals surface area (Å²) < 4.78 is 20.3. The summed E-state index contributed by atoms with van der Waals surface area (Å²) >= 11 is 4.17. The van der Waals surface area contributed by atoms with Crippen LogP contribution in [-0.2, 0) is 28.5 Å². The molecule has 0 spiro atoms. The second-order valence-corrected chi connectivity index (χ2v) is 5.55. The summed E-state index contributed by atoms with van der Waals surface area (Å²) in [6.45, 7) is 2.41. The Morgan fingerprint density at radius 1 is 0.920 bits per heavy atom. The highest BCUT2D eigenvalue weighted by atomic mass is 32.1. The number of methoxy groups -OCH3 is 1. The average Bonchev–Trinajstić information content (AvgIpc) is 2.60. The summed E-state index contributed by atoms with van der Waals surface area (Å²) in [5.41, 5.74) is 0.664. The average molecular weight is 371 g/mol. The van der Waals surface area contributed by atoms with Gasteiger partial charge in [-0.1, -0.05) is 0 Å². The van der Waals surface area contributed by atoms with Crippen molar-refractivity contribution in [2.75, 3.05) is 52.1 Å². The SMILES string of the molecule is COCCOCCOCCOC(=O)CCC(=O)Nc1ccc(S)cc1. The number of nitrogens with one attached hydrogen (secondary N) is 1. The number of benzene rings is 1. The van der Waals surface area contributed by atoms with Crippen molar-refractivity contribution in [3.05, 3.63) is 24.3 Å². The Kier molecular flexibility index (Phi) is 11.7. The first-order valence-corrected chi connectivity index (χ1v) is 8.45. The van der Waals surface area contributed by atoms with Gasteiger partial charge in [0.2, 0.25) is 5.91 Å². The van der Waals surface area contributed by atoms with Crippen molar-refractivity contribution >= 4 is 30.2 Å². The summed E-state index contributed by atoms with van der Waals surface area (Å²) in [6, 6.07) is 7.04. The van der Waals surface area contributed by atoms with Crippen molar-refractivity contribution in [1.82, 2.24) is 0 Å². The van der Waals surface area contributed by atoms with Crippen LogP contribution in [0.1, 0.15) is 12.8 Å². The normalized spacial score (nSPS) is 10.5. The number of amides is 1. The largest absolute Gasteiger partial charge is 0.463 e. The van der Waals surface area contributed by atoms with Gasteiger partial charge in [-0.3, -0.25) is 9.59 Å². The molecule has 140 valence electrons. The number of thiol groups is 1.